The first-order chi connectivity index (χ1) is 15.9. The van der Waals surface area contributed by atoms with Gasteiger partial charge in [-0.2, -0.15) is 9.40 Å². The van der Waals surface area contributed by atoms with Gasteiger partial charge in [-0.05, 0) is 62.6 Å². The molecule has 1 saturated heterocycles. The lowest BCUT2D eigenvalue weighted by molar-refractivity contribution is -0.116. The van der Waals surface area contributed by atoms with Crippen molar-refractivity contribution in [1.29, 1.82) is 0 Å². The summed E-state index contributed by atoms with van der Waals surface area (Å²) in [7, 11) is -3.43. The van der Waals surface area contributed by atoms with E-state index in [4.69, 9.17) is 0 Å². The van der Waals surface area contributed by atoms with Crippen LogP contribution in [-0.4, -0.2) is 41.5 Å². The topological polar surface area (TPSA) is 84.3 Å². The van der Waals surface area contributed by atoms with Crippen LogP contribution in [0.5, 0.6) is 0 Å². The van der Waals surface area contributed by atoms with Gasteiger partial charge in [0.25, 0.3) is 0 Å². The molecule has 2 aromatic carbocycles. The van der Waals surface area contributed by atoms with E-state index in [9.17, 15) is 13.2 Å². The highest BCUT2D eigenvalue weighted by Crippen LogP contribution is 2.21. The van der Waals surface area contributed by atoms with Crippen molar-refractivity contribution in [3.05, 3.63) is 83.2 Å². The van der Waals surface area contributed by atoms with Crippen molar-refractivity contribution >= 4 is 22.0 Å². The van der Waals surface area contributed by atoms with E-state index in [1.54, 1.807) is 30.3 Å². The van der Waals surface area contributed by atoms with Crippen LogP contribution in [0.15, 0.2) is 65.6 Å². The smallest absolute Gasteiger partial charge is 0.244 e. The molecule has 1 fully saturated rings. The molecule has 0 bridgehead atoms. The molecule has 0 saturated carbocycles. The first-order valence-corrected chi connectivity index (χ1v) is 12.5. The van der Waals surface area contributed by atoms with Crippen molar-refractivity contribution in [2.45, 2.75) is 38.1 Å². The van der Waals surface area contributed by atoms with Gasteiger partial charge in [0.1, 0.15) is 0 Å². The highest BCUT2D eigenvalue weighted by Gasteiger charge is 2.26. The van der Waals surface area contributed by atoms with Gasteiger partial charge in [-0.15, -0.1) is 0 Å². The quantitative estimate of drug-likeness (QED) is 0.542. The van der Waals surface area contributed by atoms with Crippen LogP contribution in [-0.2, 0) is 21.4 Å². The zero-order valence-electron chi connectivity index (χ0n) is 18.9. The molecule has 1 N–H and O–H groups in total. The second-order valence-corrected chi connectivity index (χ2v) is 10.1. The lowest BCUT2D eigenvalue weighted by atomic mass is 10.1. The molecule has 1 aliphatic heterocycles. The number of carbonyl (C=O) groups excluding carboxylic acids is 1. The van der Waals surface area contributed by atoms with E-state index in [0.717, 1.165) is 41.0 Å². The number of nitrogens with one attached hydrogen (secondary N) is 1. The van der Waals surface area contributed by atoms with Crippen LogP contribution < -0.4 is 5.32 Å². The van der Waals surface area contributed by atoms with Crippen LogP contribution in [0.4, 0.5) is 0 Å². The van der Waals surface area contributed by atoms with Crippen molar-refractivity contribution in [2.75, 3.05) is 13.1 Å². The molecule has 8 heteroatoms. The first-order valence-electron chi connectivity index (χ1n) is 11.0. The number of nitrogens with zero attached hydrogens (tertiary/aromatic N) is 3. The van der Waals surface area contributed by atoms with E-state index in [0.29, 0.717) is 24.5 Å². The third-order valence-corrected chi connectivity index (χ3v) is 7.76. The fourth-order valence-electron chi connectivity index (χ4n) is 3.98. The normalized spacial score (nSPS) is 14.7. The van der Waals surface area contributed by atoms with Crippen LogP contribution in [0.3, 0.4) is 0 Å². The Morgan fingerprint density at radius 3 is 2.36 bits per heavy atom. The van der Waals surface area contributed by atoms with Gasteiger partial charge in [0, 0.05) is 37.0 Å². The number of carbonyl (C=O) groups is 1. The van der Waals surface area contributed by atoms with Gasteiger partial charge in [0.2, 0.25) is 15.9 Å². The molecule has 1 aliphatic rings. The van der Waals surface area contributed by atoms with Gasteiger partial charge in [-0.1, -0.05) is 30.3 Å². The van der Waals surface area contributed by atoms with Crippen molar-refractivity contribution in [1.82, 2.24) is 19.4 Å². The zero-order valence-corrected chi connectivity index (χ0v) is 19.7. The molecule has 1 aromatic heterocycles. The lowest BCUT2D eigenvalue weighted by Crippen LogP contribution is -2.27. The number of amides is 1. The number of sulfonamides is 1. The average molecular weight is 465 g/mol. The molecular formula is C25H28N4O3S. The second kappa shape index (κ2) is 9.72. The third-order valence-electron chi connectivity index (χ3n) is 5.84. The maximum absolute atomic E-state index is 12.6. The summed E-state index contributed by atoms with van der Waals surface area (Å²) in [6.07, 6.45) is 5.09. The minimum Gasteiger partial charge on any atom is -0.348 e. The fourth-order valence-corrected chi connectivity index (χ4v) is 5.50. The summed E-state index contributed by atoms with van der Waals surface area (Å²) in [5, 5.41) is 7.44. The molecule has 0 atom stereocenters. The third kappa shape index (κ3) is 5.07. The number of aromatic nitrogens is 2. The molecule has 3 aromatic rings. The number of hydrogen-bond donors (Lipinski definition) is 1. The Bertz CT molecular complexity index is 1260. The summed E-state index contributed by atoms with van der Waals surface area (Å²) in [5.74, 6) is -0.227. The van der Waals surface area contributed by atoms with Crippen molar-refractivity contribution in [2.24, 2.45) is 0 Å². The number of para-hydroxylation sites is 1. The largest absolute Gasteiger partial charge is 0.348 e. The predicted molar refractivity (Wildman–Crippen MR) is 128 cm³/mol. The zero-order chi connectivity index (χ0) is 23.4. The maximum atomic E-state index is 12.6. The summed E-state index contributed by atoms with van der Waals surface area (Å²) >= 11 is 0. The highest BCUT2D eigenvalue weighted by molar-refractivity contribution is 7.89. The number of hydrogen-bond acceptors (Lipinski definition) is 4. The van der Waals surface area contributed by atoms with Crippen LogP contribution in [0.2, 0.25) is 0 Å². The van der Waals surface area contributed by atoms with Gasteiger partial charge < -0.3 is 5.32 Å². The van der Waals surface area contributed by atoms with Gasteiger partial charge in [0.05, 0.1) is 16.3 Å². The minimum atomic E-state index is -3.43. The number of aryl methyl sites for hydroxylation is 1. The molecule has 7 nitrogen and oxygen atoms in total. The highest BCUT2D eigenvalue weighted by atomic mass is 32.2. The Morgan fingerprint density at radius 1 is 1.03 bits per heavy atom. The van der Waals surface area contributed by atoms with E-state index < -0.39 is 10.0 Å². The van der Waals surface area contributed by atoms with Gasteiger partial charge >= 0.3 is 0 Å². The molecule has 0 aliphatic carbocycles. The molecule has 0 spiro atoms. The summed E-state index contributed by atoms with van der Waals surface area (Å²) in [6.45, 7) is 5.36. The van der Waals surface area contributed by atoms with Gasteiger partial charge in [-0.25, -0.2) is 13.1 Å². The molecule has 0 radical (unpaired) electrons. The number of benzene rings is 2. The van der Waals surface area contributed by atoms with E-state index in [1.165, 1.54) is 10.4 Å². The minimum absolute atomic E-state index is 0.227. The average Bonchev–Trinajstić information content (AvgIpc) is 3.46. The van der Waals surface area contributed by atoms with E-state index in [-0.39, 0.29) is 5.91 Å². The maximum Gasteiger partial charge on any atom is 0.244 e. The molecule has 4 rings (SSSR count). The molecule has 0 unspecified atom stereocenters. The van der Waals surface area contributed by atoms with E-state index in [2.05, 4.69) is 10.4 Å². The monoisotopic (exact) mass is 464 g/mol. The first kappa shape index (κ1) is 22.9. The standard InChI is InChI=1S/C25H28N4O3S/c1-19-24(20(2)29(27-19)22-8-4-3-5-9-22)14-15-25(30)26-18-21-10-12-23(13-11-21)33(31,32)28-16-6-7-17-28/h3-5,8-15H,6-7,16-18H2,1-2H3,(H,26,30)/b15-14+. The SMILES string of the molecule is Cc1nn(-c2ccccc2)c(C)c1/C=C/C(=O)NCc1ccc(S(=O)(=O)N2CCCC2)cc1. The summed E-state index contributed by atoms with van der Waals surface area (Å²) in [5.41, 5.74) is 4.51. The van der Waals surface area contributed by atoms with Crippen molar-refractivity contribution in [3.63, 3.8) is 0 Å². The van der Waals surface area contributed by atoms with E-state index >= 15 is 0 Å². The summed E-state index contributed by atoms with van der Waals surface area (Å²) in [4.78, 5) is 12.7. The Morgan fingerprint density at radius 2 is 1.70 bits per heavy atom. The Labute approximate surface area is 194 Å². The summed E-state index contributed by atoms with van der Waals surface area (Å²) < 4.78 is 28.6. The van der Waals surface area contributed by atoms with Gasteiger partial charge in [-0.3, -0.25) is 4.79 Å². The van der Waals surface area contributed by atoms with Crippen LogP contribution in [0.1, 0.15) is 35.4 Å². The number of rotatable bonds is 7. The Kier molecular flexibility index (Phi) is 6.76. The fraction of sp³-hybridized carbons (Fsp3) is 0.280. The summed E-state index contributed by atoms with van der Waals surface area (Å²) in [6, 6.07) is 16.6. The lowest BCUT2D eigenvalue weighted by Gasteiger charge is -2.15. The van der Waals surface area contributed by atoms with Crippen molar-refractivity contribution < 1.29 is 13.2 Å². The molecular weight excluding hydrogens is 436 g/mol. The van der Waals surface area contributed by atoms with Crippen molar-refractivity contribution in [3.8, 4) is 5.69 Å². The second-order valence-electron chi connectivity index (χ2n) is 8.14. The Balaban J connectivity index is 1.37. The van der Waals surface area contributed by atoms with Crippen LogP contribution >= 0.6 is 0 Å². The Hall–Kier alpha value is -3.23. The van der Waals surface area contributed by atoms with Gasteiger partial charge in [0.15, 0.2) is 0 Å². The predicted octanol–water partition coefficient (Wildman–Crippen LogP) is 3.60. The molecule has 33 heavy (non-hydrogen) atoms. The molecule has 1 amide bonds. The molecule has 172 valence electrons. The van der Waals surface area contributed by atoms with E-state index in [1.807, 2.05) is 48.9 Å². The molecule has 2 heterocycles. The van der Waals surface area contributed by atoms with Crippen LogP contribution in [0, 0.1) is 13.8 Å². The van der Waals surface area contributed by atoms with Crippen LogP contribution in [0.25, 0.3) is 11.8 Å².